The number of Topliss-reactive ketones (excluding diaryl/α,β-unsaturated/α-hetero) is 1. The number of ether oxygens (including phenoxy) is 1. The van der Waals surface area contributed by atoms with Gasteiger partial charge in [-0.2, -0.15) is 0 Å². The van der Waals surface area contributed by atoms with Crippen LogP contribution in [-0.2, 0) is 0 Å². The summed E-state index contributed by atoms with van der Waals surface area (Å²) in [4.78, 5) is 11.7. The number of carbonyl (C=O) groups is 1. The summed E-state index contributed by atoms with van der Waals surface area (Å²) in [6, 6.07) is 11.8. The van der Waals surface area contributed by atoms with Crippen LogP contribution in [0.3, 0.4) is 0 Å². The zero-order chi connectivity index (χ0) is 13.0. The van der Waals surface area contributed by atoms with Crippen LogP contribution in [0.2, 0.25) is 0 Å². The molecule has 18 heavy (non-hydrogen) atoms. The molecule has 0 unspecified atom stereocenters. The standard InChI is InChI=1S/C16H18O2/c1-3-4-9-18-14-10-13-7-5-6-8-15(13)16(11-14)12(2)17/h5-8,10-11H,3-4,9H2,1-2H3. The van der Waals surface area contributed by atoms with Gasteiger partial charge in [0, 0.05) is 5.56 Å². The Kier molecular flexibility index (Phi) is 3.98. The van der Waals surface area contributed by atoms with Crippen molar-refractivity contribution in [2.45, 2.75) is 26.7 Å². The zero-order valence-electron chi connectivity index (χ0n) is 10.9. The van der Waals surface area contributed by atoms with Gasteiger partial charge in [0.1, 0.15) is 5.75 Å². The third-order valence-electron chi connectivity index (χ3n) is 2.98. The zero-order valence-corrected chi connectivity index (χ0v) is 10.9. The summed E-state index contributed by atoms with van der Waals surface area (Å²) in [5.74, 6) is 0.861. The van der Waals surface area contributed by atoms with Crippen LogP contribution in [0.1, 0.15) is 37.0 Å². The number of unbranched alkanes of at least 4 members (excludes halogenated alkanes) is 1. The number of fused-ring (bicyclic) bond motifs is 1. The maximum absolute atomic E-state index is 11.7. The Labute approximate surface area is 108 Å². The largest absolute Gasteiger partial charge is 0.494 e. The Morgan fingerprint density at radius 1 is 1.22 bits per heavy atom. The van der Waals surface area contributed by atoms with E-state index in [9.17, 15) is 4.79 Å². The summed E-state index contributed by atoms with van der Waals surface area (Å²) in [5, 5.41) is 2.05. The maximum atomic E-state index is 11.7. The van der Waals surface area contributed by atoms with Crippen LogP contribution in [0, 0.1) is 0 Å². The molecule has 0 saturated carbocycles. The van der Waals surface area contributed by atoms with Crippen molar-refractivity contribution in [1.82, 2.24) is 0 Å². The first kappa shape index (κ1) is 12.6. The van der Waals surface area contributed by atoms with E-state index in [0.29, 0.717) is 6.61 Å². The number of hydrogen-bond acceptors (Lipinski definition) is 2. The van der Waals surface area contributed by atoms with Crippen molar-refractivity contribution in [3.8, 4) is 5.75 Å². The molecule has 0 heterocycles. The van der Waals surface area contributed by atoms with Gasteiger partial charge < -0.3 is 4.74 Å². The highest BCUT2D eigenvalue weighted by Gasteiger charge is 2.08. The third-order valence-corrected chi connectivity index (χ3v) is 2.98. The highest BCUT2D eigenvalue weighted by molar-refractivity contribution is 6.07. The second-order valence-corrected chi connectivity index (χ2v) is 4.45. The number of carbonyl (C=O) groups excluding carboxylic acids is 1. The second kappa shape index (κ2) is 5.67. The minimum Gasteiger partial charge on any atom is -0.494 e. The first-order chi connectivity index (χ1) is 8.72. The van der Waals surface area contributed by atoms with Gasteiger partial charge in [-0.3, -0.25) is 4.79 Å². The summed E-state index contributed by atoms with van der Waals surface area (Å²) in [6.07, 6.45) is 2.13. The topological polar surface area (TPSA) is 26.3 Å². The third kappa shape index (κ3) is 2.70. The molecule has 94 valence electrons. The lowest BCUT2D eigenvalue weighted by Crippen LogP contribution is -1.99. The lowest BCUT2D eigenvalue weighted by molar-refractivity contribution is 0.101. The first-order valence-electron chi connectivity index (χ1n) is 6.39. The average Bonchev–Trinajstić information content (AvgIpc) is 2.38. The lowest BCUT2D eigenvalue weighted by Gasteiger charge is -2.09. The smallest absolute Gasteiger partial charge is 0.160 e. The Balaban J connectivity index is 2.41. The van der Waals surface area contributed by atoms with Gasteiger partial charge in [-0.25, -0.2) is 0 Å². The van der Waals surface area contributed by atoms with Gasteiger partial charge in [0.2, 0.25) is 0 Å². The summed E-state index contributed by atoms with van der Waals surface area (Å²) in [5.41, 5.74) is 0.736. The van der Waals surface area contributed by atoms with Gasteiger partial charge in [-0.05, 0) is 36.2 Å². The Morgan fingerprint density at radius 3 is 2.72 bits per heavy atom. The van der Waals surface area contributed by atoms with Crippen LogP contribution < -0.4 is 4.74 Å². The minimum atomic E-state index is 0.0761. The molecule has 0 N–H and O–H groups in total. The highest BCUT2D eigenvalue weighted by Crippen LogP contribution is 2.26. The number of benzene rings is 2. The predicted octanol–water partition coefficient (Wildman–Crippen LogP) is 4.22. The van der Waals surface area contributed by atoms with Crippen LogP contribution in [0.25, 0.3) is 10.8 Å². The van der Waals surface area contributed by atoms with E-state index >= 15 is 0 Å². The average molecular weight is 242 g/mol. The molecule has 2 aromatic rings. The van der Waals surface area contributed by atoms with Gasteiger partial charge in [0.05, 0.1) is 6.61 Å². The van der Waals surface area contributed by atoms with Crippen LogP contribution in [0.5, 0.6) is 5.75 Å². The van der Waals surface area contributed by atoms with Crippen molar-refractivity contribution < 1.29 is 9.53 Å². The molecule has 0 bridgehead atoms. The molecule has 0 saturated heterocycles. The van der Waals surface area contributed by atoms with Crippen molar-refractivity contribution in [3.63, 3.8) is 0 Å². The summed E-state index contributed by atoms with van der Waals surface area (Å²) < 4.78 is 5.69. The Bertz CT molecular complexity index is 558. The minimum absolute atomic E-state index is 0.0761. The van der Waals surface area contributed by atoms with Crippen molar-refractivity contribution in [2.24, 2.45) is 0 Å². The van der Waals surface area contributed by atoms with E-state index in [4.69, 9.17) is 4.74 Å². The van der Waals surface area contributed by atoms with E-state index in [1.807, 2.05) is 36.4 Å². The summed E-state index contributed by atoms with van der Waals surface area (Å²) in [6.45, 7) is 4.43. The van der Waals surface area contributed by atoms with Gasteiger partial charge in [0.25, 0.3) is 0 Å². The monoisotopic (exact) mass is 242 g/mol. The van der Waals surface area contributed by atoms with E-state index in [1.54, 1.807) is 6.92 Å². The molecule has 0 aliphatic carbocycles. The van der Waals surface area contributed by atoms with Gasteiger partial charge in [-0.1, -0.05) is 37.6 Å². The van der Waals surface area contributed by atoms with Gasteiger partial charge in [0.15, 0.2) is 5.78 Å². The molecule has 0 radical (unpaired) electrons. The Hall–Kier alpha value is -1.83. The molecule has 0 atom stereocenters. The van der Waals surface area contributed by atoms with Crippen molar-refractivity contribution in [3.05, 3.63) is 42.0 Å². The van der Waals surface area contributed by atoms with Crippen LogP contribution in [0.4, 0.5) is 0 Å². The molecule has 0 aliphatic rings. The van der Waals surface area contributed by atoms with E-state index in [1.165, 1.54) is 0 Å². The second-order valence-electron chi connectivity index (χ2n) is 4.45. The predicted molar refractivity (Wildman–Crippen MR) is 74.4 cm³/mol. The maximum Gasteiger partial charge on any atom is 0.160 e. The van der Waals surface area contributed by atoms with E-state index in [2.05, 4.69) is 6.92 Å². The van der Waals surface area contributed by atoms with Crippen molar-refractivity contribution in [2.75, 3.05) is 6.61 Å². The number of hydrogen-bond donors (Lipinski definition) is 0. The van der Waals surface area contributed by atoms with Gasteiger partial charge in [-0.15, -0.1) is 0 Å². The van der Waals surface area contributed by atoms with Crippen molar-refractivity contribution >= 4 is 16.6 Å². The fraction of sp³-hybridized carbons (Fsp3) is 0.312. The number of ketones is 1. The molecular weight excluding hydrogens is 224 g/mol. The molecule has 0 aromatic heterocycles. The molecule has 2 rings (SSSR count). The summed E-state index contributed by atoms with van der Waals surface area (Å²) in [7, 11) is 0. The highest BCUT2D eigenvalue weighted by atomic mass is 16.5. The molecule has 0 amide bonds. The van der Waals surface area contributed by atoms with Crippen LogP contribution in [-0.4, -0.2) is 12.4 Å². The van der Waals surface area contributed by atoms with Crippen LogP contribution >= 0.6 is 0 Å². The quantitative estimate of drug-likeness (QED) is 0.579. The van der Waals surface area contributed by atoms with Crippen molar-refractivity contribution in [1.29, 1.82) is 0 Å². The molecule has 2 nitrogen and oxygen atoms in total. The normalized spacial score (nSPS) is 10.6. The fourth-order valence-electron chi connectivity index (χ4n) is 1.99. The fourth-order valence-corrected chi connectivity index (χ4v) is 1.99. The molecule has 0 spiro atoms. The van der Waals surface area contributed by atoms with E-state index in [-0.39, 0.29) is 5.78 Å². The Morgan fingerprint density at radius 2 is 2.00 bits per heavy atom. The molecule has 0 fully saturated rings. The van der Waals surface area contributed by atoms with Crippen LogP contribution in [0.15, 0.2) is 36.4 Å². The van der Waals surface area contributed by atoms with E-state index < -0.39 is 0 Å². The van der Waals surface area contributed by atoms with Gasteiger partial charge >= 0.3 is 0 Å². The number of rotatable bonds is 5. The van der Waals surface area contributed by atoms with E-state index in [0.717, 1.165) is 34.9 Å². The lowest BCUT2D eigenvalue weighted by atomic mass is 10.0. The molecule has 2 heteroatoms. The summed E-state index contributed by atoms with van der Waals surface area (Å²) >= 11 is 0. The molecular formula is C16H18O2. The first-order valence-corrected chi connectivity index (χ1v) is 6.39. The SMILES string of the molecule is CCCCOc1cc(C(C)=O)c2ccccc2c1. The molecule has 2 aromatic carbocycles. The molecule has 0 aliphatic heterocycles.